The van der Waals surface area contributed by atoms with E-state index in [9.17, 15) is 14.3 Å². The number of hydrogen-bond acceptors (Lipinski definition) is 5. The number of amides is 1. The molecule has 0 fully saturated rings. The van der Waals surface area contributed by atoms with Gasteiger partial charge in [-0.2, -0.15) is 5.10 Å². The molecule has 24 heavy (non-hydrogen) atoms. The molecule has 1 aromatic carbocycles. The molecule has 4 N–H and O–H groups in total. The van der Waals surface area contributed by atoms with Crippen LogP contribution in [0.1, 0.15) is 23.0 Å². The number of nitrogens with zero attached hydrogens (tertiary/aromatic N) is 2. The average Bonchev–Trinajstić information content (AvgIpc) is 2.55. The molecule has 126 valence electrons. The summed E-state index contributed by atoms with van der Waals surface area (Å²) in [6.07, 6.45) is 0. The Morgan fingerprint density at radius 1 is 1.33 bits per heavy atom. The summed E-state index contributed by atoms with van der Waals surface area (Å²) >= 11 is 17.4. The van der Waals surface area contributed by atoms with E-state index in [1.54, 1.807) is 0 Å². The van der Waals surface area contributed by atoms with E-state index in [2.05, 4.69) is 15.5 Å². The summed E-state index contributed by atoms with van der Waals surface area (Å²) in [4.78, 5) is 15.9. The molecule has 0 saturated heterocycles. The van der Waals surface area contributed by atoms with Crippen molar-refractivity contribution in [2.24, 2.45) is 5.10 Å². The van der Waals surface area contributed by atoms with E-state index in [-0.39, 0.29) is 43.6 Å². The second-order valence-electron chi connectivity index (χ2n) is 4.59. The number of hydrazone groups is 1. The Morgan fingerprint density at radius 2 is 2.00 bits per heavy atom. The lowest BCUT2D eigenvalue weighted by atomic mass is 10.1. The number of nitrogens with one attached hydrogen (secondary N) is 1. The van der Waals surface area contributed by atoms with Crippen molar-refractivity contribution in [2.45, 2.75) is 6.92 Å². The van der Waals surface area contributed by atoms with Crippen molar-refractivity contribution in [1.82, 2.24) is 10.4 Å². The number of carbonyl (C=O) groups excluding carboxylic acids is 1. The van der Waals surface area contributed by atoms with Gasteiger partial charge in [-0.1, -0.05) is 34.8 Å². The third-order valence-electron chi connectivity index (χ3n) is 2.96. The van der Waals surface area contributed by atoms with E-state index in [1.807, 2.05) is 0 Å². The summed E-state index contributed by atoms with van der Waals surface area (Å²) in [7, 11) is 0. The third-order valence-corrected chi connectivity index (χ3v) is 4.10. The minimum Gasteiger partial charge on any atom is -0.507 e. The number of carbonyl (C=O) groups is 1. The van der Waals surface area contributed by atoms with Crippen LogP contribution in [0.5, 0.6) is 5.75 Å². The monoisotopic (exact) mass is 390 g/mol. The molecule has 0 radical (unpaired) electrons. The van der Waals surface area contributed by atoms with Crippen molar-refractivity contribution >= 4 is 52.1 Å². The first-order valence-electron chi connectivity index (χ1n) is 6.35. The normalized spacial score (nSPS) is 11.5. The van der Waals surface area contributed by atoms with Crippen LogP contribution in [-0.4, -0.2) is 21.7 Å². The highest BCUT2D eigenvalue weighted by molar-refractivity contribution is 6.46. The number of nitrogens with two attached hydrogens (primary N) is 1. The first-order valence-corrected chi connectivity index (χ1v) is 7.49. The molecular weight excluding hydrogens is 382 g/mol. The maximum absolute atomic E-state index is 13.2. The quantitative estimate of drug-likeness (QED) is 0.422. The van der Waals surface area contributed by atoms with Crippen molar-refractivity contribution in [2.75, 3.05) is 5.73 Å². The van der Waals surface area contributed by atoms with Crippen LogP contribution in [0.25, 0.3) is 0 Å². The SMILES string of the molecule is CC(=NNC(=O)c1nc(Cl)c(Cl)c(N)c1Cl)c1cc(F)ccc1O. The van der Waals surface area contributed by atoms with Gasteiger partial charge in [-0.25, -0.2) is 14.8 Å². The predicted octanol–water partition coefficient (Wildman–Crippen LogP) is 3.62. The zero-order chi connectivity index (χ0) is 18.0. The molecular formula is C14H10Cl3FN4O2. The zero-order valence-corrected chi connectivity index (χ0v) is 14.3. The Labute approximate surface area is 151 Å². The molecule has 1 aromatic heterocycles. The number of phenolic OH excluding ortho intramolecular Hbond substituents is 1. The highest BCUT2D eigenvalue weighted by Gasteiger charge is 2.19. The number of phenols is 1. The Kier molecular flexibility index (Phi) is 5.48. The van der Waals surface area contributed by atoms with Gasteiger partial charge in [-0.05, 0) is 25.1 Å². The van der Waals surface area contributed by atoms with Crippen molar-refractivity contribution < 1.29 is 14.3 Å². The summed E-state index contributed by atoms with van der Waals surface area (Å²) in [6, 6.07) is 3.33. The smallest absolute Gasteiger partial charge is 0.291 e. The number of aromatic nitrogens is 1. The molecule has 6 nitrogen and oxygen atoms in total. The molecule has 0 aliphatic rings. The van der Waals surface area contributed by atoms with E-state index in [4.69, 9.17) is 40.5 Å². The van der Waals surface area contributed by atoms with Gasteiger partial charge < -0.3 is 10.8 Å². The molecule has 0 saturated carbocycles. The summed E-state index contributed by atoms with van der Waals surface area (Å²) in [6.45, 7) is 1.47. The molecule has 0 unspecified atom stereocenters. The van der Waals surface area contributed by atoms with Gasteiger partial charge in [0.15, 0.2) is 10.8 Å². The van der Waals surface area contributed by atoms with Gasteiger partial charge in [-0.15, -0.1) is 0 Å². The number of halogens is 4. The Morgan fingerprint density at radius 3 is 2.67 bits per heavy atom. The predicted molar refractivity (Wildman–Crippen MR) is 91.4 cm³/mol. The molecule has 0 spiro atoms. The van der Waals surface area contributed by atoms with Crippen LogP contribution < -0.4 is 11.2 Å². The Hall–Kier alpha value is -2.09. The fourth-order valence-corrected chi connectivity index (χ4v) is 2.32. The van der Waals surface area contributed by atoms with Gasteiger partial charge in [-0.3, -0.25) is 4.79 Å². The Balaban J connectivity index is 2.29. The second kappa shape index (κ2) is 7.21. The number of hydrogen-bond donors (Lipinski definition) is 3. The number of pyridine rings is 1. The van der Waals surface area contributed by atoms with Crippen molar-refractivity contribution in [3.63, 3.8) is 0 Å². The standard InChI is InChI=1S/C14H10Cl3FN4O2/c1-5(7-4-6(18)2-3-8(7)23)21-22-14(24)12-9(15)11(19)10(16)13(17)20-12/h2-4,23H,1H3,(H2,19,20)(H,22,24). The molecule has 2 rings (SSSR count). The van der Waals surface area contributed by atoms with Crippen LogP contribution in [0.3, 0.4) is 0 Å². The summed E-state index contributed by atoms with van der Waals surface area (Å²) in [5.41, 5.74) is 7.70. The highest BCUT2D eigenvalue weighted by atomic mass is 35.5. The third kappa shape index (κ3) is 3.69. The van der Waals surface area contributed by atoms with Crippen LogP contribution in [0, 0.1) is 5.82 Å². The molecule has 1 amide bonds. The minimum absolute atomic E-state index is 0.0671. The van der Waals surface area contributed by atoms with E-state index in [1.165, 1.54) is 13.0 Å². The maximum atomic E-state index is 13.2. The van der Waals surface area contributed by atoms with Crippen molar-refractivity contribution in [1.29, 1.82) is 0 Å². The Bertz CT molecular complexity index is 858. The van der Waals surface area contributed by atoms with Crippen molar-refractivity contribution in [3.05, 3.63) is 50.5 Å². The lowest BCUT2D eigenvalue weighted by Crippen LogP contribution is -2.21. The number of benzene rings is 1. The summed E-state index contributed by atoms with van der Waals surface area (Å²) in [5, 5.41) is 13.0. The number of aromatic hydroxyl groups is 1. The van der Waals surface area contributed by atoms with Gasteiger partial charge in [0, 0.05) is 5.56 Å². The van der Waals surface area contributed by atoms with E-state index in [0.29, 0.717) is 0 Å². The van der Waals surface area contributed by atoms with Crippen LogP contribution in [0.2, 0.25) is 15.2 Å². The number of rotatable bonds is 3. The second-order valence-corrected chi connectivity index (χ2v) is 5.71. The molecule has 0 atom stereocenters. The molecule has 0 bridgehead atoms. The lowest BCUT2D eigenvalue weighted by molar-refractivity contribution is 0.0950. The first-order chi connectivity index (χ1) is 11.2. The summed E-state index contributed by atoms with van der Waals surface area (Å²) in [5.74, 6) is -1.56. The van der Waals surface area contributed by atoms with E-state index in [0.717, 1.165) is 12.1 Å². The van der Waals surface area contributed by atoms with Gasteiger partial charge >= 0.3 is 0 Å². The lowest BCUT2D eigenvalue weighted by Gasteiger charge is -2.08. The molecule has 1 heterocycles. The number of anilines is 1. The van der Waals surface area contributed by atoms with Gasteiger partial charge in [0.25, 0.3) is 5.91 Å². The molecule has 2 aromatic rings. The van der Waals surface area contributed by atoms with Crippen LogP contribution in [0.15, 0.2) is 23.3 Å². The van der Waals surface area contributed by atoms with Crippen molar-refractivity contribution in [3.8, 4) is 5.75 Å². The van der Waals surface area contributed by atoms with Gasteiger partial charge in [0.05, 0.1) is 16.4 Å². The van der Waals surface area contributed by atoms with Gasteiger partial charge in [0.2, 0.25) is 0 Å². The average molecular weight is 392 g/mol. The van der Waals surface area contributed by atoms with Crippen LogP contribution in [-0.2, 0) is 0 Å². The van der Waals surface area contributed by atoms with Crippen LogP contribution >= 0.6 is 34.8 Å². The van der Waals surface area contributed by atoms with E-state index < -0.39 is 11.7 Å². The van der Waals surface area contributed by atoms with Gasteiger partial charge in [0.1, 0.15) is 16.6 Å². The zero-order valence-electron chi connectivity index (χ0n) is 12.1. The molecule has 10 heteroatoms. The minimum atomic E-state index is -0.805. The molecule has 0 aliphatic heterocycles. The van der Waals surface area contributed by atoms with Crippen LogP contribution in [0.4, 0.5) is 10.1 Å². The largest absolute Gasteiger partial charge is 0.507 e. The topological polar surface area (TPSA) is 101 Å². The maximum Gasteiger partial charge on any atom is 0.291 e. The first kappa shape index (κ1) is 18.3. The summed E-state index contributed by atoms with van der Waals surface area (Å²) < 4.78 is 13.2. The fourth-order valence-electron chi connectivity index (χ4n) is 1.73. The fraction of sp³-hybridized carbons (Fsp3) is 0.0714. The van der Waals surface area contributed by atoms with E-state index >= 15 is 0 Å². The molecule has 0 aliphatic carbocycles. The highest BCUT2D eigenvalue weighted by Crippen LogP contribution is 2.34. The number of nitrogen functional groups attached to an aromatic ring is 1.